The highest BCUT2D eigenvalue weighted by Gasteiger charge is 2.24. The maximum absolute atomic E-state index is 13.3. The zero-order valence-electron chi connectivity index (χ0n) is 10.6. The molecule has 0 fully saturated rings. The SMILES string of the molecule is Cc1cc(F)c([N+](=O)[O-])cc1C(=O)OC(C)(C)C. The second-order valence-corrected chi connectivity index (χ2v) is 4.88. The highest BCUT2D eigenvalue weighted by Crippen LogP contribution is 2.23. The van der Waals surface area contributed by atoms with Crippen LogP contribution in [0.15, 0.2) is 12.1 Å². The molecule has 0 aliphatic heterocycles. The number of hydrogen-bond donors (Lipinski definition) is 0. The van der Waals surface area contributed by atoms with E-state index in [-0.39, 0.29) is 5.56 Å². The molecule has 0 saturated carbocycles. The Kier molecular flexibility index (Phi) is 3.69. The summed E-state index contributed by atoms with van der Waals surface area (Å²) in [5.41, 5.74) is -1.15. The summed E-state index contributed by atoms with van der Waals surface area (Å²) in [4.78, 5) is 21.5. The number of carbonyl (C=O) groups is 1. The Hall–Kier alpha value is -1.98. The third-order valence-corrected chi connectivity index (χ3v) is 2.11. The van der Waals surface area contributed by atoms with Crippen molar-refractivity contribution in [3.8, 4) is 0 Å². The summed E-state index contributed by atoms with van der Waals surface area (Å²) in [6, 6.07) is 1.86. The molecule has 0 aliphatic carbocycles. The summed E-state index contributed by atoms with van der Waals surface area (Å²) in [7, 11) is 0. The lowest BCUT2D eigenvalue weighted by Gasteiger charge is -2.20. The highest BCUT2D eigenvalue weighted by molar-refractivity contribution is 5.92. The third-order valence-electron chi connectivity index (χ3n) is 2.11. The molecule has 6 heteroatoms. The van der Waals surface area contributed by atoms with Crippen LogP contribution in [0.4, 0.5) is 10.1 Å². The molecule has 5 nitrogen and oxygen atoms in total. The molecule has 0 radical (unpaired) electrons. The van der Waals surface area contributed by atoms with Gasteiger partial charge in [0.05, 0.1) is 10.5 Å². The summed E-state index contributed by atoms with van der Waals surface area (Å²) in [6.45, 7) is 6.53. The molecule has 98 valence electrons. The topological polar surface area (TPSA) is 69.4 Å². The van der Waals surface area contributed by atoms with E-state index in [2.05, 4.69) is 0 Å². The van der Waals surface area contributed by atoms with E-state index in [1.807, 2.05) is 0 Å². The zero-order valence-corrected chi connectivity index (χ0v) is 10.6. The van der Waals surface area contributed by atoms with Crippen LogP contribution >= 0.6 is 0 Å². The number of aryl methyl sites for hydroxylation is 1. The Morgan fingerprint density at radius 1 is 1.39 bits per heavy atom. The first-order valence-corrected chi connectivity index (χ1v) is 5.29. The van der Waals surface area contributed by atoms with Gasteiger partial charge in [-0.1, -0.05) is 0 Å². The second-order valence-electron chi connectivity index (χ2n) is 4.88. The molecule has 0 heterocycles. The Labute approximate surface area is 104 Å². The quantitative estimate of drug-likeness (QED) is 0.462. The number of hydrogen-bond acceptors (Lipinski definition) is 4. The Bertz CT molecular complexity index is 506. The smallest absolute Gasteiger partial charge is 0.339 e. The number of benzene rings is 1. The van der Waals surface area contributed by atoms with Gasteiger partial charge < -0.3 is 4.74 Å². The van der Waals surface area contributed by atoms with E-state index in [9.17, 15) is 19.3 Å². The van der Waals surface area contributed by atoms with Crippen molar-refractivity contribution in [1.82, 2.24) is 0 Å². The van der Waals surface area contributed by atoms with Crippen LogP contribution in [0.25, 0.3) is 0 Å². The first-order valence-electron chi connectivity index (χ1n) is 5.29. The number of rotatable bonds is 2. The third kappa shape index (κ3) is 3.26. The number of esters is 1. The van der Waals surface area contributed by atoms with Gasteiger partial charge in [0.25, 0.3) is 0 Å². The van der Waals surface area contributed by atoms with Crippen molar-refractivity contribution in [1.29, 1.82) is 0 Å². The summed E-state index contributed by atoms with van der Waals surface area (Å²) in [5, 5.41) is 10.6. The molecule has 0 spiro atoms. The molecule has 0 aromatic heterocycles. The van der Waals surface area contributed by atoms with Crippen LogP contribution in [0, 0.1) is 22.9 Å². The Morgan fingerprint density at radius 3 is 2.39 bits per heavy atom. The number of nitro groups is 1. The van der Waals surface area contributed by atoms with Crippen LogP contribution in [-0.2, 0) is 4.74 Å². The highest BCUT2D eigenvalue weighted by atomic mass is 19.1. The van der Waals surface area contributed by atoms with Crippen LogP contribution in [0.3, 0.4) is 0 Å². The number of nitro benzene ring substituents is 1. The number of ether oxygens (including phenoxy) is 1. The molecule has 0 bridgehead atoms. The normalized spacial score (nSPS) is 11.2. The van der Waals surface area contributed by atoms with E-state index in [0.29, 0.717) is 5.56 Å². The number of halogens is 1. The van der Waals surface area contributed by atoms with Crippen LogP contribution in [-0.4, -0.2) is 16.5 Å². The van der Waals surface area contributed by atoms with Gasteiger partial charge in [-0.15, -0.1) is 0 Å². The molecular formula is C12H14FNO4. The fourth-order valence-electron chi connectivity index (χ4n) is 1.35. The molecule has 0 amide bonds. The van der Waals surface area contributed by atoms with E-state index >= 15 is 0 Å². The molecule has 1 aromatic carbocycles. The van der Waals surface area contributed by atoms with E-state index < -0.39 is 28.0 Å². The summed E-state index contributed by atoms with van der Waals surface area (Å²) in [5.74, 6) is -1.67. The van der Waals surface area contributed by atoms with Crippen molar-refractivity contribution in [2.75, 3.05) is 0 Å². The summed E-state index contributed by atoms with van der Waals surface area (Å²) < 4.78 is 18.4. The largest absolute Gasteiger partial charge is 0.456 e. The van der Waals surface area contributed by atoms with Crippen molar-refractivity contribution in [2.24, 2.45) is 0 Å². The van der Waals surface area contributed by atoms with Gasteiger partial charge in [-0.2, -0.15) is 4.39 Å². The van der Waals surface area contributed by atoms with E-state index in [1.54, 1.807) is 20.8 Å². The maximum atomic E-state index is 13.3. The second kappa shape index (κ2) is 4.72. The van der Waals surface area contributed by atoms with Gasteiger partial charge in [-0.05, 0) is 39.3 Å². The van der Waals surface area contributed by atoms with Gasteiger partial charge >= 0.3 is 11.7 Å². The van der Waals surface area contributed by atoms with Gasteiger partial charge in [0.2, 0.25) is 5.82 Å². The van der Waals surface area contributed by atoms with Crippen molar-refractivity contribution in [3.05, 3.63) is 39.2 Å². The van der Waals surface area contributed by atoms with Gasteiger partial charge in [0, 0.05) is 6.07 Å². The first kappa shape index (κ1) is 14.1. The lowest BCUT2D eigenvalue weighted by atomic mass is 10.1. The molecule has 0 saturated heterocycles. The van der Waals surface area contributed by atoms with Gasteiger partial charge in [0.1, 0.15) is 5.60 Å². The molecule has 0 unspecified atom stereocenters. The molecular weight excluding hydrogens is 241 g/mol. The molecule has 0 atom stereocenters. The van der Waals surface area contributed by atoms with E-state index in [4.69, 9.17) is 4.74 Å². The van der Waals surface area contributed by atoms with E-state index in [0.717, 1.165) is 12.1 Å². The predicted octanol–water partition coefficient (Wildman–Crippen LogP) is 3.00. The molecule has 0 aliphatic rings. The lowest BCUT2D eigenvalue weighted by Crippen LogP contribution is -2.24. The van der Waals surface area contributed by atoms with Gasteiger partial charge in [0.15, 0.2) is 0 Å². The molecule has 1 aromatic rings. The average molecular weight is 255 g/mol. The van der Waals surface area contributed by atoms with Crippen molar-refractivity contribution < 1.29 is 18.8 Å². The molecule has 0 N–H and O–H groups in total. The van der Waals surface area contributed by atoms with Crippen LogP contribution in [0.5, 0.6) is 0 Å². The van der Waals surface area contributed by atoms with Crippen LogP contribution < -0.4 is 0 Å². The number of nitrogens with zero attached hydrogens (tertiary/aromatic N) is 1. The minimum absolute atomic E-state index is 0.00183. The van der Waals surface area contributed by atoms with Crippen molar-refractivity contribution >= 4 is 11.7 Å². The van der Waals surface area contributed by atoms with Crippen LogP contribution in [0.2, 0.25) is 0 Å². The monoisotopic (exact) mass is 255 g/mol. The molecule has 18 heavy (non-hydrogen) atoms. The Balaban J connectivity index is 3.21. The molecule has 1 rings (SSSR count). The van der Waals surface area contributed by atoms with Crippen molar-refractivity contribution in [2.45, 2.75) is 33.3 Å². The van der Waals surface area contributed by atoms with Gasteiger partial charge in [-0.3, -0.25) is 10.1 Å². The summed E-state index contributed by atoms with van der Waals surface area (Å²) in [6.07, 6.45) is 0. The summed E-state index contributed by atoms with van der Waals surface area (Å²) >= 11 is 0. The van der Waals surface area contributed by atoms with Crippen LogP contribution in [0.1, 0.15) is 36.7 Å². The van der Waals surface area contributed by atoms with Crippen molar-refractivity contribution in [3.63, 3.8) is 0 Å². The zero-order chi connectivity index (χ0) is 14.1. The lowest BCUT2D eigenvalue weighted by molar-refractivity contribution is -0.387. The predicted molar refractivity (Wildman–Crippen MR) is 63.0 cm³/mol. The van der Waals surface area contributed by atoms with E-state index in [1.165, 1.54) is 6.92 Å². The minimum atomic E-state index is -0.968. The fraction of sp³-hybridized carbons (Fsp3) is 0.417. The fourth-order valence-corrected chi connectivity index (χ4v) is 1.35. The minimum Gasteiger partial charge on any atom is -0.456 e. The first-order chi connectivity index (χ1) is 8.11. The average Bonchev–Trinajstić information content (AvgIpc) is 2.13. The number of carbonyl (C=O) groups excluding carboxylic acids is 1. The Morgan fingerprint density at radius 2 is 1.94 bits per heavy atom. The maximum Gasteiger partial charge on any atom is 0.339 e. The standard InChI is InChI=1S/C12H14FNO4/c1-7-5-9(13)10(14(16)17)6-8(7)11(15)18-12(2,3)4/h5-6H,1-4H3. The van der Waals surface area contributed by atoms with Gasteiger partial charge in [-0.25, -0.2) is 4.79 Å².